The molecule has 4 rings (SSSR count). The molecule has 10 heteroatoms. The van der Waals surface area contributed by atoms with Crippen LogP contribution in [0.1, 0.15) is 11.1 Å². The molecule has 3 aromatic rings. The van der Waals surface area contributed by atoms with E-state index in [9.17, 15) is 13.2 Å². The Hall–Kier alpha value is -3.11. The molecule has 1 aliphatic heterocycles. The van der Waals surface area contributed by atoms with Gasteiger partial charge >= 0.3 is 0 Å². The van der Waals surface area contributed by atoms with Gasteiger partial charge in [-0.2, -0.15) is 0 Å². The van der Waals surface area contributed by atoms with Crippen LogP contribution in [0.5, 0.6) is 11.5 Å². The number of aryl methyl sites for hydroxylation is 2. The predicted octanol–water partition coefficient (Wildman–Crippen LogP) is 3.59. The van der Waals surface area contributed by atoms with Crippen molar-refractivity contribution in [3.8, 4) is 22.8 Å². The van der Waals surface area contributed by atoms with Gasteiger partial charge in [0.2, 0.25) is 0 Å². The number of methoxy groups -OCH3 is 1. The maximum Gasteiger partial charge on any atom is 0.267 e. The Morgan fingerprint density at radius 1 is 1.19 bits per heavy atom. The normalized spacial score (nSPS) is 13.5. The third-order valence-corrected chi connectivity index (χ3v) is 7.38. The first-order valence-corrected chi connectivity index (χ1v) is 11.7. The number of hydrogen-bond acceptors (Lipinski definition) is 7. The van der Waals surface area contributed by atoms with Crippen LogP contribution >= 0.6 is 11.3 Å². The smallest absolute Gasteiger partial charge is 0.267 e. The number of nitrogens with zero attached hydrogens (tertiary/aromatic N) is 2. The number of rotatable bonds is 5. The summed E-state index contributed by atoms with van der Waals surface area (Å²) in [5, 5.41) is 1.98. The molecule has 0 radical (unpaired) electrons. The second-order valence-electron chi connectivity index (χ2n) is 7.15. The number of fused-ring (bicyclic) bond motifs is 1. The van der Waals surface area contributed by atoms with Gasteiger partial charge < -0.3 is 14.4 Å². The molecule has 31 heavy (non-hydrogen) atoms. The first-order chi connectivity index (χ1) is 14.7. The highest BCUT2D eigenvalue weighted by atomic mass is 32.2. The third-order valence-electron chi connectivity index (χ3n) is 5.14. The molecule has 0 aliphatic carbocycles. The summed E-state index contributed by atoms with van der Waals surface area (Å²) in [4.78, 5) is 17.9. The van der Waals surface area contributed by atoms with Crippen LogP contribution in [-0.4, -0.2) is 40.1 Å². The molecule has 0 atom stereocenters. The Bertz CT molecular complexity index is 1280. The molecule has 0 fully saturated rings. The highest BCUT2D eigenvalue weighted by Crippen LogP contribution is 2.36. The second kappa shape index (κ2) is 7.86. The third kappa shape index (κ3) is 3.96. The van der Waals surface area contributed by atoms with Gasteiger partial charge in [0.15, 0.2) is 11.7 Å². The Kier molecular flexibility index (Phi) is 5.36. The van der Waals surface area contributed by atoms with E-state index in [1.165, 1.54) is 23.3 Å². The lowest BCUT2D eigenvalue weighted by Crippen LogP contribution is -2.35. The molecule has 1 N–H and O–H groups in total. The minimum atomic E-state index is -3.89. The maximum absolute atomic E-state index is 13.0. The summed E-state index contributed by atoms with van der Waals surface area (Å²) < 4.78 is 39.2. The molecule has 2 heterocycles. The van der Waals surface area contributed by atoms with Crippen molar-refractivity contribution in [3.63, 3.8) is 0 Å². The average Bonchev–Trinajstić information content (AvgIpc) is 3.20. The fraction of sp³-hybridized carbons (Fsp3) is 0.238. The molecule has 2 aromatic carbocycles. The van der Waals surface area contributed by atoms with Gasteiger partial charge in [0.25, 0.3) is 15.9 Å². The molecule has 1 aliphatic rings. The highest BCUT2D eigenvalue weighted by molar-refractivity contribution is 7.93. The molecule has 1 amide bonds. The zero-order valence-electron chi connectivity index (χ0n) is 17.4. The monoisotopic (exact) mass is 459 g/mol. The van der Waals surface area contributed by atoms with Crippen LogP contribution in [0.4, 0.5) is 10.8 Å². The van der Waals surface area contributed by atoms with Crippen molar-refractivity contribution < 1.29 is 22.7 Å². The average molecular weight is 460 g/mol. The van der Waals surface area contributed by atoms with E-state index in [-0.39, 0.29) is 28.3 Å². The molecule has 0 unspecified atom stereocenters. The van der Waals surface area contributed by atoms with Gasteiger partial charge in [0.1, 0.15) is 16.4 Å². The molecule has 0 saturated carbocycles. The molecule has 1 aromatic heterocycles. The van der Waals surface area contributed by atoms with Crippen LogP contribution < -0.4 is 19.1 Å². The van der Waals surface area contributed by atoms with Gasteiger partial charge in [-0.1, -0.05) is 0 Å². The Balaban J connectivity index is 1.63. The number of carbonyl (C=O) groups excluding carboxylic acids is 1. The minimum Gasteiger partial charge on any atom is -0.495 e. The van der Waals surface area contributed by atoms with Gasteiger partial charge in [-0.15, -0.1) is 11.3 Å². The molecule has 0 saturated heterocycles. The minimum absolute atomic E-state index is 0.00736. The van der Waals surface area contributed by atoms with Crippen molar-refractivity contribution in [2.45, 2.75) is 18.7 Å². The summed E-state index contributed by atoms with van der Waals surface area (Å²) in [6.07, 6.45) is 0. The van der Waals surface area contributed by atoms with Gasteiger partial charge in [0, 0.05) is 18.0 Å². The predicted molar refractivity (Wildman–Crippen MR) is 120 cm³/mol. The molecule has 0 bridgehead atoms. The largest absolute Gasteiger partial charge is 0.495 e. The summed E-state index contributed by atoms with van der Waals surface area (Å²) in [6.45, 7) is 3.74. The lowest BCUT2D eigenvalue weighted by Gasteiger charge is -2.26. The maximum atomic E-state index is 13.0. The number of nitrogens with one attached hydrogen (secondary N) is 1. The SMILES string of the molecule is COc1cc(C)c(C)cc1S(=O)(=O)Nc1nc(-c2ccc3c(c2)N(C)C(=O)CO3)cs1. The van der Waals surface area contributed by atoms with Gasteiger partial charge in [-0.25, -0.2) is 13.4 Å². The zero-order valence-corrected chi connectivity index (χ0v) is 19.1. The van der Waals surface area contributed by atoms with E-state index >= 15 is 0 Å². The number of aromatic nitrogens is 1. The van der Waals surface area contributed by atoms with Crippen molar-refractivity contribution in [3.05, 3.63) is 46.8 Å². The number of ether oxygens (including phenoxy) is 2. The Labute approximate surface area is 184 Å². The Morgan fingerprint density at radius 2 is 1.94 bits per heavy atom. The lowest BCUT2D eigenvalue weighted by atomic mass is 10.1. The summed E-state index contributed by atoms with van der Waals surface area (Å²) in [5.74, 6) is 0.748. The van der Waals surface area contributed by atoms with Gasteiger partial charge in [-0.3, -0.25) is 9.52 Å². The molecule has 0 spiro atoms. The summed E-state index contributed by atoms with van der Waals surface area (Å²) in [6, 6.07) is 8.68. The van der Waals surface area contributed by atoms with E-state index in [4.69, 9.17) is 9.47 Å². The number of anilines is 2. The number of hydrogen-bond donors (Lipinski definition) is 1. The van der Waals surface area contributed by atoms with Crippen LogP contribution in [0.15, 0.2) is 40.6 Å². The van der Waals surface area contributed by atoms with Crippen molar-refractivity contribution in [1.82, 2.24) is 4.98 Å². The van der Waals surface area contributed by atoms with Crippen molar-refractivity contribution >= 4 is 38.1 Å². The molecular weight excluding hydrogens is 438 g/mol. The zero-order chi connectivity index (χ0) is 22.3. The van der Waals surface area contributed by atoms with Crippen LogP contribution in [-0.2, 0) is 14.8 Å². The van der Waals surface area contributed by atoms with E-state index < -0.39 is 10.0 Å². The fourth-order valence-corrected chi connectivity index (χ4v) is 5.40. The second-order valence-corrected chi connectivity index (χ2v) is 9.66. The molecule has 8 nitrogen and oxygen atoms in total. The van der Waals surface area contributed by atoms with E-state index in [0.29, 0.717) is 17.1 Å². The number of sulfonamides is 1. The van der Waals surface area contributed by atoms with E-state index in [1.807, 2.05) is 19.9 Å². The molecular formula is C21H21N3O5S2. The van der Waals surface area contributed by atoms with Crippen molar-refractivity contribution in [2.75, 3.05) is 30.4 Å². The van der Waals surface area contributed by atoms with Crippen molar-refractivity contribution in [1.29, 1.82) is 0 Å². The summed E-state index contributed by atoms with van der Waals surface area (Å²) in [7, 11) is -0.772. The Morgan fingerprint density at radius 3 is 2.68 bits per heavy atom. The standard InChI is InChI=1S/C21H21N3O5S2/c1-12-7-18(28-4)19(8-13(12)2)31(26,27)23-21-22-15(11-30-21)14-5-6-17-16(9-14)24(3)20(25)10-29-17/h5-9,11H,10H2,1-4H3,(H,22,23). The topological polar surface area (TPSA) is 97.8 Å². The quantitative estimate of drug-likeness (QED) is 0.626. The van der Waals surface area contributed by atoms with E-state index in [1.54, 1.807) is 36.7 Å². The number of benzene rings is 2. The van der Waals surface area contributed by atoms with Crippen LogP contribution in [0.2, 0.25) is 0 Å². The van der Waals surface area contributed by atoms with Gasteiger partial charge in [0.05, 0.1) is 18.5 Å². The first-order valence-electron chi connectivity index (χ1n) is 9.37. The number of thiazole rings is 1. The van der Waals surface area contributed by atoms with Crippen molar-refractivity contribution in [2.24, 2.45) is 0 Å². The highest BCUT2D eigenvalue weighted by Gasteiger charge is 2.24. The van der Waals surface area contributed by atoms with E-state index in [0.717, 1.165) is 16.7 Å². The first kappa shape index (κ1) is 21.1. The van der Waals surface area contributed by atoms with Crippen LogP contribution in [0.25, 0.3) is 11.3 Å². The lowest BCUT2D eigenvalue weighted by molar-refractivity contribution is -0.120. The van der Waals surface area contributed by atoms with Crippen LogP contribution in [0, 0.1) is 13.8 Å². The molecule has 162 valence electrons. The van der Waals surface area contributed by atoms with E-state index in [2.05, 4.69) is 9.71 Å². The van der Waals surface area contributed by atoms with Gasteiger partial charge in [-0.05, 0) is 55.3 Å². The number of carbonyl (C=O) groups is 1. The summed E-state index contributed by atoms with van der Waals surface area (Å²) in [5.41, 5.74) is 3.75. The fourth-order valence-electron chi connectivity index (χ4n) is 3.19. The summed E-state index contributed by atoms with van der Waals surface area (Å²) >= 11 is 1.17. The number of likely N-dealkylation sites (N-methyl/N-ethyl adjacent to an activating group) is 1. The van der Waals surface area contributed by atoms with Crippen LogP contribution in [0.3, 0.4) is 0 Å². The number of amides is 1.